The summed E-state index contributed by atoms with van der Waals surface area (Å²) in [6, 6.07) is 13.5. The van der Waals surface area contributed by atoms with E-state index in [-0.39, 0.29) is 17.4 Å². The summed E-state index contributed by atoms with van der Waals surface area (Å²) in [5.74, 6) is 0.560. The van der Waals surface area contributed by atoms with E-state index in [2.05, 4.69) is 32.4 Å². The van der Waals surface area contributed by atoms with Crippen molar-refractivity contribution in [2.24, 2.45) is 4.99 Å². The Labute approximate surface area is 206 Å². The van der Waals surface area contributed by atoms with Gasteiger partial charge in [-0.25, -0.2) is 15.0 Å². The minimum atomic E-state index is -0.356. The zero-order chi connectivity index (χ0) is 23.9. The van der Waals surface area contributed by atoms with Gasteiger partial charge in [-0.2, -0.15) is 0 Å². The Morgan fingerprint density at radius 1 is 0.857 bits per heavy atom. The van der Waals surface area contributed by atoms with Crippen LogP contribution >= 0.6 is 11.6 Å². The monoisotopic (exact) mass is 479 g/mol. The van der Waals surface area contributed by atoms with Gasteiger partial charge in [0.05, 0.1) is 11.9 Å². The number of rotatable bonds is 4. The number of pyridine rings is 1. The molecule has 0 bridgehead atoms. The summed E-state index contributed by atoms with van der Waals surface area (Å²) in [6.45, 7) is 0. The highest BCUT2D eigenvalue weighted by Crippen LogP contribution is 2.34. The molecule has 7 nitrogen and oxygen atoms in total. The Morgan fingerprint density at radius 3 is 2.57 bits per heavy atom. The molecule has 1 N–H and O–H groups in total. The summed E-state index contributed by atoms with van der Waals surface area (Å²) in [5.41, 5.74) is 7.55. The van der Waals surface area contributed by atoms with Gasteiger partial charge in [-0.3, -0.25) is 14.6 Å². The number of halogens is 1. The Balaban J connectivity index is 1.24. The quantitative estimate of drug-likeness (QED) is 0.454. The number of nitrogens with one attached hydrogen (secondary N) is 1. The van der Waals surface area contributed by atoms with Crippen LogP contribution in [0.3, 0.4) is 0 Å². The van der Waals surface area contributed by atoms with E-state index in [0.717, 1.165) is 39.1 Å². The summed E-state index contributed by atoms with van der Waals surface area (Å²) in [4.78, 5) is 41.5. The zero-order valence-corrected chi connectivity index (χ0v) is 19.2. The van der Waals surface area contributed by atoms with Crippen LogP contribution in [0.2, 0.25) is 5.02 Å². The molecule has 170 valence electrons. The van der Waals surface area contributed by atoms with Gasteiger partial charge >= 0.3 is 0 Å². The number of hydrogen-bond acceptors (Lipinski definition) is 6. The standard InChI is InChI=1S/C27H18ClN5O2/c28-23-4-3-20(32-27(35)25-14-29-5-6-30-25)12-22(23)24-11-18-8-19(13-31-26(18)33-24)15-1-2-16-9-21(34)10-17(16)7-15/h1-8,12-14H,9-11H2,(H,32,35). The molecule has 2 aliphatic rings. The average molecular weight is 480 g/mol. The van der Waals surface area contributed by atoms with Gasteiger partial charge in [0.2, 0.25) is 0 Å². The summed E-state index contributed by atoms with van der Waals surface area (Å²) in [6.07, 6.45) is 7.79. The summed E-state index contributed by atoms with van der Waals surface area (Å²) >= 11 is 6.50. The number of carbonyl (C=O) groups is 2. The van der Waals surface area contributed by atoms with Gasteiger partial charge in [-0.05, 0) is 41.0 Å². The molecule has 3 heterocycles. The lowest BCUT2D eigenvalue weighted by molar-refractivity contribution is -0.117. The number of aromatic nitrogens is 3. The normalized spacial score (nSPS) is 13.9. The fourth-order valence-corrected chi connectivity index (χ4v) is 4.69. The first-order chi connectivity index (χ1) is 17.0. The molecule has 8 heteroatoms. The predicted octanol–water partition coefficient (Wildman–Crippen LogP) is 4.79. The molecular weight excluding hydrogens is 462 g/mol. The summed E-state index contributed by atoms with van der Waals surface area (Å²) < 4.78 is 0. The number of ketones is 1. The Bertz CT molecular complexity index is 1550. The number of amides is 1. The summed E-state index contributed by atoms with van der Waals surface area (Å²) in [7, 11) is 0. The van der Waals surface area contributed by atoms with Crippen LogP contribution in [-0.2, 0) is 24.1 Å². The van der Waals surface area contributed by atoms with Crippen LogP contribution in [0.5, 0.6) is 0 Å². The smallest absolute Gasteiger partial charge is 0.275 e. The number of Topliss-reactive ketones (excluding diaryl/α,β-unsaturated/α-hetero) is 1. The maximum Gasteiger partial charge on any atom is 0.275 e. The first kappa shape index (κ1) is 21.3. The van der Waals surface area contributed by atoms with Crippen molar-refractivity contribution in [1.82, 2.24) is 15.0 Å². The molecule has 6 rings (SSSR count). The number of nitrogens with zero attached hydrogens (tertiary/aromatic N) is 4. The first-order valence-electron chi connectivity index (χ1n) is 11.1. The van der Waals surface area contributed by atoms with Crippen molar-refractivity contribution >= 4 is 40.5 Å². The third-order valence-corrected chi connectivity index (χ3v) is 6.52. The van der Waals surface area contributed by atoms with Gasteiger partial charge < -0.3 is 5.32 Å². The van der Waals surface area contributed by atoms with E-state index in [1.54, 1.807) is 18.2 Å². The van der Waals surface area contributed by atoms with Gasteiger partial charge in [0, 0.05) is 65.3 Å². The van der Waals surface area contributed by atoms with E-state index in [1.165, 1.54) is 18.6 Å². The largest absolute Gasteiger partial charge is 0.321 e. The van der Waals surface area contributed by atoms with Gasteiger partial charge in [-0.1, -0.05) is 29.8 Å². The molecule has 0 atom stereocenters. The van der Waals surface area contributed by atoms with E-state index >= 15 is 0 Å². The minimum absolute atomic E-state index is 0.224. The first-order valence-corrected chi connectivity index (χ1v) is 11.5. The number of fused-ring (bicyclic) bond motifs is 2. The highest BCUT2D eigenvalue weighted by atomic mass is 35.5. The molecule has 1 amide bonds. The topological polar surface area (TPSA) is 97.2 Å². The molecule has 0 radical (unpaired) electrons. The predicted molar refractivity (Wildman–Crippen MR) is 133 cm³/mol. The van der Waals surface area contributed by atoms with Crippen molar-refractivity contribution in [2.45, 2.75) is 19.3 Å². The lowest BCUT2D eigenvalue weighted by atomic mass is 9.99. The summed E-state index contributed by atoms with van der Waals surface area (Å²) in [5, 5.41) is 3.37. The highest BCUT2D eigenvalue weighted by molar-refractivity contribution is 6.34. The number of benzene rings is 2. The van der Waals surface area contributed by atoms with Gasteiger partial charge in [0.25, 0.3) is 5.91 Å². The average Bonchev–Trinajstić information content (AvgIpc) is 3.47. The lowest BCUT2D eigenvalue weighted by Gasteiger charge is -2.09. The molecule has 0 saturated heterocycles. The number of carbonyl (C=O) groups excluding carboxylic acids is 2. The second kappa shape index (κ2) is 8.52. The maximum atomic E-state index is 12.5. The SMILES string of the molecule is O=C1Cc2ccc(-c3cnc4c(c3)CC(c3cc(NC(=O)c5cnccn5)ccc3Cl)=N4)cc2C1. The van der Waals surface area contributed by atoms with Crippen LogP contribution in [-0.4, -0.2) is 32.4 Å². The van der Waals surface area contributed by atoms with Crippen molar-refractivity contribution in [3.63, 3.8) is 0 Å². The van der Waals surface area contributed by atoms with Crippen LogP contribution in [0.1, 0.15) is 32.7 Å². The van der Waals surface area contributed by atoms with Gasteiger partial charge in [0.15, 0.2) is 5.82 Å². The maximum absolute atomic E-state index is 12.5. The number of hydrogen-bond donors (Lipinski definition) is 1. The van der Waals surface area contributed by atoms with E-state index in [0.29, 0.717) is 35.8 Å². The number of anilines is 1. The van der Waals surface area contributed by atoms with Crippen molar-refractivity contribution in [3.05, 3.63) is 100 Å². The number of aliphatic imine (C=N–C) groups is 1. The molecule has 4 aromatic rings. The zero-order valence-electron chi connectivity index (χ0n) is 18.5. The van der Waals surface area contributed by atoms with Crippen LogP contribution in [0.15, 0.2) is 72.2 Å². The van der Waals surface area contributed by atoms with Crippen molar-refractivity contribution in [1.29, 1.82) is 0 Å². The second-order valence-corrected chi connectivity index (χ2v) is 8.96. The molecule has 1 aliphatic heterocycles. The molecular formula is C27H18ClN5O2. The van der Waals surface area contributed by atoms with Crippen molar-refractivity contribution < 1.29 is 9.59 Å². The van der Waals surface area contributed by atoms with Crippen LogP contribution in [0.25, 0.3) is 11.1 Å². The molecule has 0 saturated carbocycles. The fraction of sp³-hybridized carbons (Fsp3) is 0.111. The van der Waals surface area contributed by atoms with Crippen LogP contribution in [0, 0.1) is 0 Å². The minimum Gasteiger partial charge on any atom is -0.321 e. The molecule has 1 aliphatic carbocycles. The fourth-order valence-electron chi connectivity index (χ4n) is 4.46. The molecule has 35 heavy (non-hydrogen) atoms. The lowest BCUT2D eigenvalue weighted by Crippen LogP contribution is -2.14. The molecule has 2 aromatic carbocycles. The van der Waals surface area contributed by atoms with E-state index < -0.39 is 0 Å². The molecule has 0 spiro atoms. The van der Waals surface area contributed by atoms with E-state index in [1.807, 2.05) is 18.3 Å². The van der Waals surface area contributed by atoms with E-state index in [9.17, 15) is 9.59 Å². The van der Waals surface area contributed by atoms with Crippen molar-refractivity contribution in [2.75, 3.05) is 5.32 Å². The van der Waals surface area contributed by atoms with Gasteiger partial charge in [-0.15, -0.1) is 0 Å². The Kier molecular flexibility index (Phi) is 5.19. The highest BCUT2D eigenvalue weighted by Gasteiger charge is 2.22. The van der Waals surface area contributed by atoms with Crippen LogP contribution in [0.4, 0.5) is 11.5 Å². The molecule has 2 aromatic heterocycles. The van der Waals surface area contributed by atoms with E-state index in [4.69, 9.17) is 16.6 Å². The third-order valence-electron chi connectivity index (χ3n) is 6.19. The Hall–Kier alpha value is -4.23. The molecule has 0 unspecified atom stereocenters. The third kappa shape index (κ3) is 4.11. The van der Waals surface area contributed by atoms with Gasteiger partial charge in [0.1, 0.15) is 11.5 Å². The second-order valence-electron chi connectivity index (χ2n) is 8.56. The molecule has 0 fully saturated rings. The Morgan fingerprint density at radius 2 is 1.71 bits per heavy atom. The van der Waals surface area contributed by atoms with Crippen LogP contribution < -0.4 is 5.32 Å². The van der Waals surface area contributed by atoms with Crippen molar-refractivity contribution in [3.8, 4) is 11.1 Å².